The third-order valence-electron chi connectivity index (χ3n) is 3.48. The Labute approximate surface area is 120 Å². The summed E-state index contributed by atoms with van der Waals surface area (Å²) in [6, 6.07) is 8.16. The number of hydrogen-bond acceptors (Lipinski definition) is 3. The molecule has 0 aromatic heterocycles. The first kappa shape index (κ1) is 16.2. The zero-order valence-electron chi connectivity index (χ0n) is 11.3. The lowest BCUT2D eigenvalue weighted by atomic mass is 10.0. The number of halogens is 2. The van der Waals surface area contributed by atoms with Gasteiger partial charge in [-0.1, -0.05) is 12.1 Å². The van der Waals surface area contributed by atoms with E-state index in [9.17, 15) is 4.39 Å². The molecule has 1 saturated heterocycles. The van der Waals surface area contributed by atoms with Crippen LogP contribution in [0, 0.1) is 0 Å². The Morgan fingerprint density at radius 3 is 2.42 bits per heavy atom. The van der Waals surface area contributed by atoms with Crippen LogP contribution in [0.25, 0.3) is 0 Å². The molecule has 0 bridgehead atoms. The van der Waals surface area contributed by atoms with Crippen molar-refractivity contribution < 1.29 is 9.13 Å². The van der Waals surface area contributed by atoms with E-state index in [1.54, 1.807) is 7.11 Å². The lowest BCUT2D eigenvalue weighted by Gasteiger charge is -2.35. The van der Waals surface area contributed by atoms with Gasteiger partial charge >= 0.3 is 0 Å². The fourth-order valence-corrected chi connectivity index (χ4v) is 2.48. The molecule has 0 amide bonds. The van der Waals surface area contributed by atoms with E-state index in [1.807, 2.05) is 24.3 Å². The van der Waals surface area contributed by atoms with Crippen LogP contribution < -0.4 is 10.1 Å². The summed E-state index contributed by atoms with van der Waals surface area (Å²) in [5.41, 5.74) is 1.18. The molecule has 1 aromatic carbocycles. The van der Waals surface area contributed by atoms with Gasteiger partial charge in [0.15, 0.2) is 0 Å². The molecule has 3 nitrogen and oxygen atoms in total. The normalized spacial score (nSPS) is 17.6. The molecule has 1 atom stereocenters. The van der Waals surface area contributed by atoms with E-state index in [0.717, 1.165) is 31.9 Å². The Hall–Kier alpha value is -0.840. The molecule has 1 aromatic rings. The predicted molar refractivity (Wildman–Crippen MR) is 78.0 cm³/mol. The van der Waals surface area contributed by atoms with Crippen molar-refractivity contribution in [2.75, 3.05) is 40.0 Å². The molecular weight excluding hydrogens is 267 g/mol. The van der Waals surface area contributed by atoms with Gasteiger partial charge in [-0.05, 0) is 24.1 Å². The zero-order valence-corrected chi connectivity index (χ0v) is 12.1. The predicted octanol–water partition coefficient (Wildman–Crippen LogP) is 2.42. The van der Waals surface area contributed by atoms with Crippen molar-refractivity contribution in [2.45, 2.75) is 12.5 Å². The van der Waals surface area contributed by atoms with Crippen molar-refractivity contribution >= 4 is 12.4 Å². The highest BCUT2D eigenvalue weighted by Gasteiger charge is 2.21. The van der Waals surface area contributed by atoms with Gasteiger partial charge in [0.05, 0.1) is 13.8 Å². The van der Waals surface area contributed by atoms with Crippen LogP contribution in [-0.2, 0) is 0 Å². The molecule has 1 heterocycles. The molecular formula is C14H22ClFN2O. The molecule has 1 fully saturated rings. The SMILES string of the molecule is COc1ccc([C@H](CCF)N2CCNCC2)cc1.Cl. The minimum Gasteiger partial charge on any atom is -0.497 e. The van der Waals surface area contributed by atoms with Crippen molar-refractivity contribution in [3.8, 4) is 5.75 Å². The summed E-state index contributed by atoms with van der Waals surface area (Å²) in [4.78, 5) is 2.36. The van der Waals surface area contributed by atoms with Gasteiger partial charge < -0.3 is 10.1 Å². The number of ether oxygens (including phenoxy) is 1. The van der Waals surface area contributed by atoms with Crippen LogP contribution in [0.15, 0.2) is 24.3 Å². The first-order valence-electron chi connectivity index (χ1n) is 6.50. The molecule has 19 heavy (non-hydrogen) atoms. The molecule has 1 aliphatic rings. The molecule has 1 aliphatic heterocycles. The number of rotatable bonds is 5. The lowest BCUT2D eigenvalue weighted by Crippen LogP contribution is -2.45. The number of hydrogen-bond donors (Lipinski definition) is 1. The Bertz CT molecular complexity index is 355. The second-order valence-electron chi connectivity index (χ2n) is 4.55. The molecule has 2 rings (SSSR count). The Balaban J connectivity index is 0.00000180. The molecule has 0 saturated carbocycles. The minimum atomic E-state index is -0.277. The lowest BCUT2D eigenvalue weighted by molar-refractivity contribution is 0.157. The Morgan fingerprint density at radius 1 is 1.26 bits per heavy atom. The van der Waals surface area contributed by atoms with Gasteiger partial charge in [-0.15, -0.1) is 12.4 Å². The van der Waals surface area contributed by atoms with Gasteiger partial charge in [0, 0.05) is 32.2 Å². The number of alkyl halides is 1. The third kappa shape index (κ3) is 4.34. The van der Waals surface area contributed by atoms with Crippen LogP contribution in [0.1, 0.15) is 18.0 Å². The highest BCUT2D eigenvalue weighted by molar-refractivity contribution is 5.85. The maximum absolute atomic E-state index is 12.8. The van der Waals surface area contributed by atoms with Crippen LogP contribution >= 0.6 is 12.4 Å². The summed E-state index contributed by atoms with van der Waals surface area (Å²) < 4.78 is 17.9. The maximum atomic E-state index is 12.8. The van der Waals surface area contributed by atoms with E-state index in [0.29, 0.717) is 6.42 Å². The second kappa shape index (κ2) is 8.35. The van der Waals surface area contributed by atoms with Gasteiger partial charge in [-0.3, -0.25) is 9.29 Å². The van der Waals surface area contributed by atoms with E-state index in [4.69, 9.17) is 4.74 Å². The van der Waals surface area contributed by atoms with E-state index in [1.165, 1.54) is 5.56 Å². The van der Waals surface area contributed by atoms with E-state index in [2.05, 4.69) is 10.2 Å². The zero-order chi connectivity index (χ0) is 12.8. The first-order chi connectivity index (χ1) is 8.85. The fraction of sp³-hybridized carbons (Fsp3) is 0.571. The van der Waals surface area contributed by atoms with Crippen LogP contribution in [0.3, 0.4) is 0 Å². The third-order valence-corrected chi connectivity index (χ3v) is 3.48. The van der Waals surface area contributed by atoms with Gasteiger partial charge in [0.2, 0.25) is 0 Å². The monoisotopic (exact) mass is 288 g/mol. The summed E-state index contributed by atoms with van der Waals surface area (Å²) in [5, 5.41) is 3.33. The number of methoxy groups -OCH3 is 1. The van der Waals surface area contributed by atoms with Gasteiger partial charge in [-0.25, -0.2) is 0 Å². The number of benzene rings is 1. The molecule has 5 heteroatoms. The van der Waals surface area contributed by atoms with Crippen molar-refractivity contribution in [3.63, 3.8) is 0 Å². The van der Waals surface area contributed by atoms with Crippen molar-refractivity contribution in [1.29, 1.82) is 0 Å². The molecule has 0 radical (unpaired) electrons. The number of nitrogens with zero attached hydrogens (tertiary/aromatic N) is 1. The smallest absolute Gasteiger partial charge is 0.118 e. The van der Waals surface area contributed by atoms with Gasteiger partial charge in [0.25, 0.3) is 0 Å². The van der Waals surface area contributed by atoms with Gasteiger partial charge in [0.1, 0.15) is 5.75 Å². The van der Waals surface area contributed by atoms with Crippen molar-refractivity contribution in [2.24, 2.45) is 0 Å². The minimum absolute atomic E-state index is 0. The summed E-state index contributed by atoms with van der Waals surface area (Å²) in [6.45, 7) is 3.66. The van der Waals surface area contributed by atoms with E-state index >= 15 is 0 Å². The van der Waals surface area contributed by atoms with Crippen LogP contribution in [0.2, 0.25) is 0 Å². The van der Waals surface area contributed by atoms with Crippen molar-refractivity contribution in [3.05, 3.63) is 29.8 Å². The maximum Gasteiger partial charge on any atom is 0.118 e. The van der Waals surface area contributed by atoms with Crippen LogP contribution in [0.4, 0.5) is 4.39 Å². The summed E-state index contributed by atoms with van der Waals surface area (Å²) in [7, 11) is 1.66. The molecule has 0 unspecified atom stereocenters. The van der Waals surface area contributed by atoms with Crippen LogP contribution in [0.5, 0.6) is 5.75 Å². The highest BCUT2D eigenvalue weighted by atomic mass is 35.5. The standard InChI is InChI=1S/C14H21FN2O.ClH/c1-18-13-4-2-12(3-5-13)14(6-7-15)17-10-8-16-9-11-17;/h2-5,14,16H,6-11H2,1H3;1H/t14-;/m0./s1. The van der Waals surface area contributed by atoms with Crippen LogP contribution in [-0.4, -0.2) is 44.9 Å². The second-order valence-corrected chi connectivity index (χ2v) is 4.55. The summed E-state index contributed by atoms with van der Waals surface area (Å²) >= 11 is 0. The number of piperazine rings is 1. The summed E-state index contributed by atoms with van der Waals surface area (Å²) in [5.74, 6) is 0.845. The van der Waals surface area contributed by atoms with Crippen molar-refractivity contribution in [1.82, 2.24) is 10.2 Å². The topological polar surface area (TPSA) is 24.5 Å². The van der Waals surface area contributed by atoms with E-state index < -0.39 is 0 Å². The van der Waals surface area contributed by atoms with Gasteiger partial charge in [-0.2, -0.15) is 0 Å². The highest BCUT2D eigenvalue weighted by Crippen LogP contribution is 2.26. The van der Waals surface area contributed by atoms with E-state index in [-0.39, 0.29) is 25.1 Å². The fourth-order valence-electron chi connectivity index (χ4n) is 2.48. The molecule has 108 valence electrons. The first-order valence-corrected chi connectivity index (χ1v) is 6.50. The average Bonchev–Trinajstić information content (AvgIpc) is 2.46. The quantitative estimate of drug-likeness (QED) is 0.901. The molecule has 1 N–H and O–H groups in total. The Morgan fingerprint density at radius 2 is 1.89 bits per heavy atom. The molecule has 0 aliphatic carbocycles. The largest absolute Gasteiger partial charge is 0.497 e. The average molecular weight is 289 g/mol. The number of nitrogens with one attached hydrogen (secondary N) is 1. The summed E-state index contributed by atoms with van der Waals surface area (Å²) in [6.07, 6.45) is 0.562. The molecule has 0 spiro atoms. The Kier molecular flexibility index (Phi) is 7.13.